The Morgan fingerprint density at radius 3 is 2.45 bits per heavy atom. The minimum Gasteiger partial charge on any atom is -0.377 e. The number of carbonyl (C=O) groups excluding carboxylic acids is 1. The molecule has 0 atom stereocenters. The molecule has 1 saturated heterocycles. The van der Waals surface area contributed by atoms with E-state index in [4.69, 9.17) is 0 Å². The van der Waals surface area contributed by atoms with Crippen LogP contribution in [0.3, 0.4) is 0 Å². The molecular weight excluding hydrogens is 368 g/mol. The molecule has 3 rings (SSSR count). The van der Waals surface area contributed by atoms with Gasteiger partial charge in [-0.15, -0.1) is 0 Å². The van der Waals surface area contributed by atoms with E-state index in [1.54, 1.807) is 11.0 Å². The zero-order chi connectivity index (χ0) is 20.8. The van der Waals surface area contributed by atoms with Crippen LogP contribution in [0.5, 0.6) is 0 Å². The first-order valence-corrected chi connectivity index (χ1v) is 9.99. The minimum atomic E-state index is -0.482. The molecule has 1 amide bonds. The molecule has 154 valence electrons. The Balaban J connectivity index is 1.74. The predicted molar refractivity (Wildman–Crippen MR) is 114 cm³/mol. The van der Waals surface area contributed by atoms with Gasteiger partial charge >= 0.3 is 0 Å². The van der Waals surface area contributed by atoms with Crippen LogP contribution in [0.15, 0.2) is 42.5 Å². The summed E-state index contributed by atoms with van der Waals surface area (Å²) < 4.78 is 0. The average molecular weight is 396 g/mol. The number of piperidine rings is 1. The molecule has 1 fully saturated rings. The van der Waals surface area contributed by atoms with Crippen LogP contribution in [0.1, 0.15) is 40.7 Å². The number of benzene rings is 2. The minimum absolute atomic E-state index is 0.0914. The number of nitrogens with one attached hydrogen (secondary N) is 1. The maximum absolute atomic E-state index is 12.8. The Kier molecular flexibility index (Phi) is 6.82. The van der Waals surface area contributed by atoms with Gasteiger partial charge in [-0.1, -0.05) is 30.7 Å². The summed E-state index contributed by atoms with van der Waals surface area (Å²) in [5.41, 5.74) is 3.14. The van der Waals surface area contributed by atoms with Gasteiger partial charge in [0, 0.05) is 45.0 Å². The van der Waals surface area contributed by atoms with Crippen molar-refractivity contribution in [2.75, 3.05) is 32.1 Å². The van der Waals surface area contributed by atoms with Gasteiger partial charge in [-0.3, -0.25) is 19.8 Å². The zero-order valence-corrected chi connectivity index (χ0v) is 17.1. The van der Waals surface area contributed by atoms with Crippen LogP contribution < -0.4 is 10.2 Å². The summed E-state index contributed by atoms with van der Waals surface area (Å²) in [6.45, 7) is 3.49. The van der Waals surface area contributed by atoms with Crippen molar-refractivity contribution < 1.29 is 9.72 Å². The number of likely N-dealkylation sites (tertiary alicyclic amines) is 1. The van der Waals surface area contributed by atoms with E-state index < -0.39 is 4.92 Å². The summed E-state index contributed by atoms with van der Waals surface area (Å²) in [6.07, 6.45) is 3.77. The molecule has 0 unspecified atom stereocenters. The Bertz CT molecular complexity index is 876. The Morgan fingerprint density at radius 1 is 1.10 bits per heavy atom. The molecule has 1 aliphatic rings. The van der Waals surface area contributed by atoms with Crippen molar-refractivity contribution >= 4 is 17.3 Å². The maximum atomic E-state index is 12.8. The van der Waals surface area contributed by atoms with Gasteiger partial charge in [-0.05, 0) is 43.1 Å². The number of hydrogen-bond acceptors (Lipinski definition) is 5. The topological polar surface area (TPSA) is 78.7 Å². The van der Waals surface area contributed by atoms with Crippen LogP contribution in [0.2, 0.25) is 0 Å². The fourth-order valence-corrected chi connectivity index (χ4v) is 3.72. The quantitative estimate of drug-likeness (QED) is 0.572. The van der Waals surface area contributed by atoms with Crippen LogP contribution in [-0.2, 0) is 13.1 Å². The molecule has 0 aliphatic carbocycles. The fourth-order valence-electron chi connectivity index (χ4n) is 3.72. The number of rotatable bonds is 7. The molecule has 7 heteroatoms. The van der Waals surface area contributed by atoms with Crippen LogP contribution in [-0.4, -0.2) is 42.9 Å². The molecule has 0 spiro atoms. The molecule has 1 N–H and O–H groups in total. The monoisotopic (exact) mass is 396 g/mol. The van der Waals surface area contributed by atoms with Crippen molar-refractivity contribution in [1.29, 1.82) is 0 Å². The molecule has 1 aliphatic heterocycles. The molecule has 29 heavy (non-hydrogen) atoms. The molecular formula is C22H28N4O3. The van der Waals surface area contributed by atoms with Crippen LogP contribution in [0.25, 0.3) is 0 Å². The second-order valence-corrected chi connectivity index (χ2v) is 7.64. The summed E-state index contributed by atoms with van der Waals surface area (Å²) in [7, 11) is 3.62. The number of non-ortho nitro benzene ring substituents is 1. The lowest BCUT2D eigenvalue weighted by atomic mass is 10.0. The van der Waals surface area contributed by atoms with Gasteiger partial charge in [0.05, 0.1) is 10.5 Å². The van der Waals surface area contributed by atoms with Gasteiger partial charge in [0.1, 0.15) is 0 Å². The Morgan fingerprint density at radius 2 is 1.79 bits per heavy atom. The van der Waals surface area contributed by atoms with Crippen LogP contribution in [0.4, 0.5) is 11.4 Å². The third kappa shape index (κ3) is 5.32. The third-order valence-corrected chi connectivity index (χ3v) is 5.32. The van der Waals surface area contributed by atoms with Gasteiger partial charge in [-0.2, -0.15) is 0 Å². The van der Waals surface area contributed by atoms with Gasteiger partial charge in [0.15, 0.2) is 0 Å². The first-order chi connectivity index (χ1) is 14.0. The van der Waals surface area contributed by atoms with Gasteiger partial charge in [-0.25, -0.2) is 0 Å². The summed E-state index contributed by atoms with van der Waals surface area (Å²) in [6, 6.07) is 12.5. The predicted octanol–water partition coefficient (Wildman–Crippen LogP) is 3.58. The maximum Gasteiger partial charge on any atom is 0.270 e. The van der Waals surface area contributed by atoms with Crippen molar-refractivity contribution in [3.05, 3.63) is 69.3 Å². The van der Waals surface area contributed by atoms with E-state index in [-0.39, 0.29) is 11.6 Å². The van der Waals surface area contributed by atoms with Crippen LogP contribution in [0, 0.1) is 10.1 Å². The standard InChI is InChI=1S/C22H28N4O3/c1-24(2)21-11-10-19(26(28)29)14-20(21)22(27)23-15-17-8-4-5-9-18(17)16-25-12-6-3-7-13-25/h4-5,8-11,14H,3,6-7,12-13,15-16H2,1-2H3,(H,23,27). The van der Waals surface area contributed by atoms with Crippen LogP contribution >= 0.6 is 0 Å². The number of nitro groups is 1. The highest BCUT2D eigenvalue weighted by atomic mass is 16.6. The lowest BCUT2D eigenvalue weighted by Crippen LogP contribution is -2.30. The lowest BCUT2D eigenvalue weighted by molar-refractivity contribution is -0.384. The summed E-state index contributed by atoms with van der Waals surface area (Å²) in [5, 5.41) is 14.1. The number of anilines is 1. The average Bonchev–Trinajstić information content (AvgIpc) is 2.73. The van der Waals surface area contributed by atoms with Crippen molar-refractivity contribution in [3.63, 3.8) is 0 Å². The Hall–Kier alpha value is -2.93. The fraction of sp³-hybridized carbons (Fsp3) is 0.409. The summed E-state index contributed by atoms with van der Waals surface area (Å²) >= 11 is 0. The zero-order valence-electron chi connectivity index (χ0n) is 17.1. The first kappa shape index (κ1) is 20.8. The lowest BCUT2D eigenvalue weighted by Gasteiger charge is -2.27. The first-order valence-electron chi connectivity index (χ1n) is 9.99. The molecule has 2 aromatic rings. The number of carbonyl (C=O) groups is 1. The third-order valence-electron chi connectivity index (χ3n) is 5.32. The van der Waals surface area contributed by atoms with Crippen molar-refractivity contribution in [3.8, 4) is 0 Å². The van der Waals surface area contributed by atoms with Gasteiger partial charge < -0.3 is 10.2 Å². The number of hydrogen-bond donors (Lipinski definition) is 1. The van der Waals surface area contributed by atoms with E-state index in [1.165, 1.54) is 37.0 Å². The van der Waals surface area contributed by atoms with Crippen molar-refractivity contribution in [2.24, 2.45) is 0 Å². The van der Waals surface area contributed by atoms with E-state index in [1.807, 2.05) is 32.3 Å². The molecule has 0 aromatic heterocycles. The summed E-state index contributed by atoms with van der Waals surface area (Å²) in [4.78, 5) is 27.7. The number of nitro benzene ring substituents is 1. The molecule has 2 aromatic carbocycles. The SMILES string of the molecule is CN(C)c1ccc([N+](=O)[O-])cc1C(=O)NCc1ccccc1CN1CCCCC1. The van der Waals surface area contributed by atoms with E-state index >= 15 is 0 Å². The normalized spacial score (nSPS) is 14.4. The molecule has 0 radical (unpaired) electrons. The molecule has 1 heterocycles. The second-order valence-electron chi connectivity index (χ2n) is 7.64. The van der Waals surface area contributed by atoms with E-state index in [0.29, 0.717) is 17.8 Å². The van der Waals surface area contributed by atoms with E-state index in [0.717, 1.165) is 25.2 Å². The number of amides is 1. The van der Waals surface area contributed by atoms with E-state index in [2.05, 4.69) is 16.3 Å². The second kappa shape index (κ2) is 9.52. The highest BCUT2D eigenvalue weighted by Gasteiger charge is 2.18. The highest BCUT2D eigenvalue weighted by molar-refractivity contribution is 6.00. The van der Waals surface area contributed by atoms with Gasteiger partial charge in [0.25, 0.3) is 11.6 Å². The van der Waals surface area contributed by atoms with E-state index in [9.17, 15) is 14.9 Å². The molecule has 0 saturated carbocycles. The highest BCUT2D eigenvalue weighted by Crippen LogP contribution is 2.24. The largest absolute Gasteiger partial charge is 0.377 e. The molecule has 7 nitrogen and oxygen atoms in total. The summed E-state index contributed by atoms with van der Waals surface area (Å²) in [5.74, 6) is -0.315. The molecule has 0 bridgehead atoms. The smallest absolute Gasteiger partial charge is 0.270 e. The van der Waals surface area contributed by atoms with Crippen molar-refractivity contribution in [2.45, 2.75) is 32.4 Å². The van der Waals surface area contributed by atoms with Crippen molar-refractivity contribution in [1.82, 2.24) is 10.2 Å². The van der Waals surface area contributed by atoms with Gasteiger partial charge in [0.2, 0.25) is 0 Å². The Labute approximate surface area is 171 Å². The number of nitrogens with zero attached hydrogens (tertiary/aromatic N) is 3.